The molecule has 0 saturated heterocycles. The van der Waals surface area contributed by atoms with Crippen LogP contribution in [-0.2, 0) is 6.54 Å². The minimum atomic E-state index is 0.0192. The van der Waals surface area contributed by atoms with Crippen molar-refractivity contribution in [3.8, 4) is 16.9 Å². The molecular formula is C27H33N3O2S. The van der Waals surface area contributed by atoms with E-state index in [4.69, 9.17) is 4.74 Å². The fourth-order valence-electron chi connectivity index (χ4n) is 4.08. The largest absolute Gasteiger partial charge is 0.488 e. The van der Waals surface area contributed by atoms with E-state index in [1.54, 1.807) is 18.1 Å². The summed E-state index contributed by atoms with van der Waals surface area (Å²) in [6.07, 6.45) is 3.74. The molecule has 1 aliphatic heterocycles. The maximum absolute atomic E-state index is 9.85. The van der Waals surface area contributed by atoms with Gasteiger partial charge in [0.15, 0.2) is 0 Å². The Kier molecular flexibility index (Phi) is 8.04. The molecule has 4 rings (SSSR count). The van der Waals surface area contributed by atoms with Gasteiger partial charge in [0.1, 0.15) is 11.9 Å². The summed E-state index contributed by atoms with van der Waals surface area (Å²) in [6.45, 7) is 6.91. The number of aliphatic hydroxyl groups excluding tert-OH is 1. The van der Waals surface area contributed by atoms with Crippen LogP contribution in [0, 0.1) is 5.92 Å². The Morgan fingerprint density at radius 2 is 1.97 bits per heavy atom. The lowest BCUT2D eigenvalue weighted by Gasteiger charge is -2.37. The minimum absolute atomic E-state index is 0.0192. The molecule has 0 amide bonds. The van der Waals surface area contributed by atoms with Crippen molar-refractivity contribution in [1.82, 2.24) is 14.2 Å². The van der Waals surface area contributed by atoms with Crippen LogP contribution >= 0.6 is 11.9 Å². The second-order valence-electron chi connectivity index (χ2n) is 8.94. The second-order valence-corrected chi connectivity index (χ2v) is 10.0. The maximum Gasteiger partial charge on any atom is 0.135 e. The summed E-state index contributed by atoms with van der Waals surface area (Å²) in [5, 5.41) is 9.85. The Morgan fingerprint density at radius 1 is 1.15 bits per heavy atom. The van der Waals surface area contributed by atoms with Gasteiger partial charge in [0.05, 0.1) is 11.5 Å². The van der Waals surface area contributed by atoms with Crippen molar-refractivity contribution in [1.29, 1.82) is 0 Å². The van der Waals surface area contributed by atoms with Gasteiger partial charge in [-0.2, -0.15) is 0 Å². The molecule has 6 heteroatoms. The number of hydrogen-bond acceptors (Lipinski definition) is 6. The monoisotopic (exact) mass is 463 g/mol. The highest BCUT2D eigenvalue weighted by molar-refractivity contribution is 7.97. The van der Waals surface area contributed by atoms with Crippen LogP contribution in [0.5, 0.6) is 5.75 Å². The first-order valence-electron chi connectivity index (χ1n) is 11.5. The van der Waals surface area contributed by atoms with E-state index in [0.29, 0.717) is 0 Å². The molecule has 2 aromatic carbocycles. The highest BCUT2D eigenvalue weighted by Crippen LogP contribution is 2.39. The summed E-state index contributed by atoms with van der Waals surface area (Å²) in [5.41, 5.74) is 3.51. The van der Waals surface area contributed by atoms with Crippen molar-refractivity contribution >= 4 is 11.9 Å². The van der Waals surface area contributed by atoms with E-state index in [0.717, 1.165) is 35.8 Å². The number of aromatic nitrogens is 1. The van der Waals surface area contributed by atoms with Crippen molar-refractivity contribution in [3.05, 3.63) is 78.6 Å². The van der Waals surface area contributed by atoms with Gasteiger partial charge >= 0.3 is 0 Å². The Bertz CT molecular complexity index is 1020. The molecule has 1 N–H and O–H groups in total. The molecule has 1 unspecified atom stereocenters. The first-order valence-corrected chi connectivity index (χ1v) is 12.3. The molecule has 3 atom stereocenters. The van der Waals surface area contributed by atoms with Gasteiger partial charge in [-0.15, -0.1) is 0 Å². The molecule has 33 heavy (non-hydrogen) atoms. The summed E-state index contributed by atoms with van der Waals surface area (Å²) < 4.78 is 9.01. The molecular weight excluding hydrogens is 430 g/mol. The summed E-state index contributed by atoms with van der Waals surface area (Å²) in [6, 6.07) is 21.0. The van der Waals surface area contributed by atoms with Crippen molar-refractivity contribution in [2.75, 3.05) is 26.7 Å². The normalized spacial score (nSPS) is 19.9. The summed E-state index contributed by atoms with van der Waals surface area (Å²) in [7, 11) is 2.13. The van der Waals surface area contributed by atoms with Gasteiger partial charge in [0.25, 0.3) is 0 Å². The third-order valence-electron chi connectivity index (χ3n) is 6.07. The average molecular weight is 464 g/mol. The van der Waals surface area contributed by atoms with E-state index in [1.165, 1.54) is 11.1 Å². The van der Waals surface area contributed by atoms with Crippen molar-refractivity contribution in [2.24, 2.45) is 5.92 Å². The van der Waals surface area contributed by atoms with Gasteiger partial charge in [-0.25, -0.2) is 4.31 Å². The smallest absolute Gasteiger partial charge is 0.135 e. The third-order valence-corrected chi connectivity index (χ3v) is 7.35. The SMILES string of the molecule is CC(CO)N1C[C@@H](C)[C@H](CN(C)Cc2cccnc2)Oc2cc(-c3ccccc3)ccc2S1. The van der Waals surface area contributed by atoms with E-state index in [2.05, 4.69) is 83.6 Å². The van der Waals surface area contributed by atoms with Crippen molar-refractivity contribution in [3.63, 3.8) is 0 Å². The molecule has 0 spiro atoms. The lowest BCUT2D eigenvalue weighted by molar-refractivity contribution is 0.0769. The van der Waals surface area contributed by atoms with Crippen LogP contribution in [-0.4, -0.2) is 58.2 Å². The Morgan fingerprint density at radius 3 is 2.70 bits per heavy atom. The van der Waals surface area contributed by atoms with Crippen LogP contribution in [0.15, 0.2) is 78.0 Å². The molecule has 174 valence electrons. The fraction of sp³-hybridized carbons (Fsp3) is 0.370. The molecule has 0 saturated carbocycles. The van der Waals surface area contributed by atoms with Crippen LogP contribution in [0.1, 0.15) is 19.4 Å². The number of benzene rings is 2. The quantitative estimate of drug-likeness (QED) is 0.500. The molecule has 1 aromatic heterocycles. The Balaban J connectivity index is 1.61. The van der Waals surface area contributed by atoms with Gasteiger partial charge in [0, 0.05) is 44.0 Å². The van der Waals surface area contributed by atoms with Crippen LogP contribution < -0.4 is 4.74 Å². The topological polar surface area (TPSA) is 48.8 Å². The number of fused-ring (bicyclic) bond motifs is 1. The predicted octanol–water partition coefficient (Wildman–Crippen LogP) is 4.97. The number of nitrogens with zero attached hydrogens (tertiary/aromatic N) is 3. The molecule has 0 aliphatic carbocycles. The minimum Gasteiger partial charge on any atom is -0.488 e. The number of likely N-dealkylation sites (N-methyl/N-ethyl adjacent to an activating group) is 1. The first-order chi connectivity index (χ1) is 16.0. The van der Waals surface area contributed by atoms with Gasteiger partial charge < -0.3 is 9.84 Å². The van der Waals surface area contributed by atoms with E-state index < -0.39 is 0 Å². The van der Waals surface area contributed by atoms with Crippen LogP contribution in [0.2, 0.25) is 0 Å². The van der Waals surface area contributed by atoms with Crippen molar-refractivity contribution in [2.45, 2.75) is 37.4 Å². The number of pyridine rings is 1. The van der Waals surface area contributed by atoms with Gasteiger partial charge in [-0.3, -0.25) is 9.88 Å². The van der Waals surface area contributed by atoms with Gasteiger partial charge in [-0.05, 0) is 60.8 Å². The zero-order valence-corrected chi connectivity index (χ0v) is 20.4. The number of rotatable bonds is 7. The lowest BCUT2D eigenvalue weighted by atomic mass is 10.0. The van der Waals surface area contributed by atoms with Gasteiger partial charge in [0.2, 0.25) is 0 Å². The zero-order valence-electron chi connectivity index (χ0n) is 19.6. The Hall–Kier alpha value is -2.38. The first kappa shape index (κ1) is 23.8. The summed E-state index contributed by atoms with van der Waals surface area (Å²) in [4.78, 5) is 7.63. The standard InChI is InChI=1S/C27H33N3O2S/c1-20-16-30(21(2)19-31)33-27-12-11-24(23-9-5-4-6-10-23)14-25(27)32-26(20)18-29(3)17-22-8-7-13-28-15-22/h4-15,20-21,26,31H,16-19H2,1-3H3/t20-,21?,26+/m1/s1. The fourth-order valence-corrected chi connectivity index (χ4v) is 5.22. The molecule has 0 radical (unpaired) electrons. The molecule has 3 aromatic rings. The van der Waals surface area contributed by atoms with Crippen LogP contribution in [0.4, 0.5) is 0 Å². The van der Waals surface area contributed by atoms with E-state index in [-0.39, 0.29) is 24.7 Å². The molecule has 1 aliphatic rings. The number of aliphatic hydroxyl groups is 1. The zero-order chi connectivity index (χ0) is 23.2. The van der Waals surface area contributed by atoms with Crippen LogP contribution in [0.25, 0.3) is 11.1 Å². The highest BCUT2D eigenvalue weighted by atomic mass is 32.2. The molecule has 2 heterocycles. The second kappa shape index (κ2) is 11.2. The maximum atomic E-state index is 9.85. The predicted molar refractivity (Wildman–Crippen MR) is 135 cm³/mol. The molecule has 5 nitrogen and oxygen atoms in total. The van der Waals surface area contributed by atoms with E-state index >= 15 is 0 Å². The molecule has 0 bridgehead atoms. The van der Waals surface area contributed by atoms with Crippen LogP contribution in [0.3, 0.4) is 0 Å². The lowest BCUT2D eigenvalue weighted by Crippen LogP contribution is -2.44. The third kappa shape index (κ3) is 6.15. The molecule has 0 fully saturated rings. The number of hydrogen-bond donors (Lipinski definition) is 1. The number of ether oxygens (including phenoxy) is 1. The summed E-state index contributed by atoms with van der Waals surface area (Å²) in [5.74, 6) is 1.19. The summed E-state index contributed by atoms with van der Waals surface area (Å²) >= 11 is 1.68. The van der Waals surface area contributed by atoms with E-state index in [9.17, 15) is 5.11 Å². The average Bonchev–Trinajstić information content (AvgIpc) is 2.83. The Labute approximate surface area is 201 Å². The van der Waals surface area contributed by atoms with Crippen molar-refractivity contribution < 1.29 is 9.84 Å². The van der Waals surface area contributed by atoms with E-state index in [1.807, 2.05) is 18.3 Å². The van der Waals surface area contributed by atoms with Gasteiger partial charge in [-0.1, -0.05) is 49.4 Å². The highest BCUT2D eigenvalue weighted by Gasteiger charge is 2.30.